The van der Waals surface area contributed by atoms with E-state index in [2.05, 4.69) is 0 Å². The molecule has 0 aliphatic heterocycles. The Morgan fingerprint density at radius 1 is 1.29 bits per heavy atom. The zero-order valence-corrected chi connectivity index (χ0v) is 8.48. The van der Waals surface area contributed by atoms with Crippen LogP contribution in [-0.4, -0.2) is 22.5 Å². The van der Waals surface area contributed by atoms with Crippen LogP contribution in [0, 0.1) is 5.82 Å². The van der Waals surface area contributed by atoms with E-state index >= 15 is 0 Å². The molecule has 78 valence electrons. The maximum absolute atomic E-state index is 13.2. The predicted octanol–water partition coefficient (Wildman–Crippen LogP) is 1.55. The smallest absolute Gasteiger partial charge is 0.332 e. The summed E-state index contributed by atoms with van der Waals surface area (Å²) in [5, 5.41) is 0. The Labute approximate surface area is 81.2 Å². The molecule has 0 aliphatic rings. The summed E-state index contributed by atoms with van der Waals surface area (Å²) < 4.78 is 46.4. The SMILES string of the molecule is CN(C)c1ccc(S(=O)(=O)F)cc1F. The second-order valence-corrected chi connectivity index (χ2v) is 4.29. The Kier molecular flexibility index (Phi) is 2.75. The maximum atomic E-state index is 13.2. The highest BCUT2D eigenvalue weighted by Gasteiger charge is 2.14. The summed E-state index contributed by atoms with van der Waals surface area (Å²) in [5.74, 6) is -0.770. The van der Waals surface area contributed by atoms with Crippen LogP contribution in [0.3, 0.4) is 0 Å². The third-order valence-electron chi connectivity index (χ3n) is 1.68. The number of rotatable bonds is 2. The van der Waals surface area contributed by atoms with Crippen molar-refractivity contribution in [2.75, 3.05) is 19.0 Å². The van der Waals surface area contributed by atoms with E-state index in [0.29, 0.717) is 6.07 Å². The van der Waals surface area contributed by atoms with Crippen LogP contribution in [0.25, 0.3) is 0 Å². The van der Waals surface area contributed by atoms with Crippen molar-refractivity contribution in [1.29, 1.82) is 0 Å². The molecule has 0 radical (unpaired) electrons. The normalized spacial score (nSPS) is 11.4. The summed E-state index contributed by atoms with van der Waals surface area (Å²) in [6.45, 7) is 0. The van der Waals surface area contributed by atoms with Crippen molar-refractivity contribution in [3.05, 3.63) is 24.0 Å². The van der Waals surface area contributed by atoms with Crippen molar-refractivity contribution in [1.82, 2.24) is 0 Å². The minimum absolute atomic E-state index is 0.206. The molecule has 0 spiro atoms. The summed E-state index contributed by atoms with van der Waals surface area (Å²) >= 11 is 0. The van der Waals surface area contributed by atoms with Crippen molar-refractivity contribution in [2.24, 2.45) is 0 Å². The molecule has 0 bridgehead atoms. The van der Waals surface area contributed by atoms with Crippen LogP contribution in [0.15, 0.2) is 23.1 Å². The average molecular weight is 221 g/mol. The lowest BCUT2D eigenvalue weighted by molar-refractivity contribution is 0.549. The van der Waals surface area contributed by atoms with Crippen molar-refractivity contribution in [3.63, 3.8) is 0 Å². The van der Waals surface area contributed by atoms with E-state index in [1.807, 2.05) is 0 Å². The minimum Gasteiger partial charge on any atom is -0.375 e. The molecule has 1 aromatic rings. The molecule has 14 heavy (non-hydrogen) atoms. The molecule has 0 saturated carbocycles. The van der Waals surface area contributed by atoms with Gasteiger partial charge in [0.25, 0.3) is 0 Å². The van der Waals surface area contributed by atoms with Gasteiger partial charge in [0, 0.05) is 14.1 Å². The Hall–Kier alpha value is -1.17. The number of anilines is 1. The predicted molar refractivity (Wildman–Crippen MR) is 49.0 cm³/mol. The van der Waals surface area contributed by atoms with E-state index in [0.717, 1.165) is 6.07 Å². The van der Waals surface area contributed by atoms with Crippen LogP contribution in [0.1, 0.15) is 0 Å². The van der Waals surface area contributed by atoms with Gasteiger partial charge >= 0.3 is 10.2 Å². The topological polar surface area (TPSA) is 37.4 Å². The summed E-state index contributed by atoms with van der Waals surface area (Å²) in [4.78, 5) is 0.796. The van der Waals surface area contributed by atoms with Crippen LogP contribution < -0.4 is 4.90 Å². The minimum atomic E-state index is -4.83. The van der Waals surface area contributed by atoms with Crippen molar-refractivity contribution in [3.8, 4) is 0 Å². The molecule has 1 rings (SSSR count). The van der Waals surface area contributed by atoms with E-state index in [1.165, 1.54) is 11.0 Å². The molecule has 0 N–H and O–H groups in total. The Balaban J connectivity index is 3.27. The standard InChI is InChI=1S/C8H9F2NO2S/c1-11(2)8-4-3-6(5-7(8)9)14(10,12)13/h3-5H,1-2H3. The highest BCUT2D eigenvalue weighted by Crippen LogP contribution is 2.21. The van der Waals surface area contributed by atoms with Gasteiger partial charge in [0.15, 0.2) is 0 Å². The monoisotopic (exact) mass is 221 g/mol. The fourth-order valence-corrected chi connectivity index (χ4v) is 1.48. The fourth-order valence-electron chi connectivity index (χ4n) is 1.00. The van der Waals surface area contributed by atoms with Gasteiger partial charge in [-0.2, -0.15) is 8.42 Å². The molecule has 0 unspecified atom stereocenters. The van der Waals surface area contributed by atoms with Gasteiger partial charge in [0.1, 0.15) is 10.7 Å². The van der Waals surface area contributed by atoms with Gasteiger partial charge < -0.3 is 4.90 Å². The number of hydrogen-bond donors (Lipinski definition) is 0. The number of halogens is 2. The lowest BCUT2D eigenvalue weighted by Gasteiger charge is -2.13. The van der Waals surface area contributed by atoms with Gasteiger partial charge in [0.05, 0.1) is 5.69 Å². The molecule has 0 aliphatic carbocycles. The first-order valence-electron chi connectivity index (χ1n) is 3.74. The zero-order valence-electron chi connectivity index (χ0n) is 7.66. The summed E-state index contributed by atoms with van der Waals surface area (Å²) in [5.41, 5.74) is 0.206. The van der Waals surface area contributed by atoms with E-state index in [4.69, 9.17) is 0 Å². The van der Waals surface area contributed by atoms with E-state index in [9.17, 15) is 16.7 Å². The van der Waals surface area contributed by atoms with Crippen LogP contribution in [0.5, 0.6) is 0 Å². The van der Waals surface area contributed by atoms with E-state index < -0.39 is 20.9 Å². The highest BCUT2D eigenvalue weighted by atomic mass is 32.3. The Bertz CT molecular complexity index is 443. The highest BCUT2D eigenvalue weighted by molar-refractivity contribution is 7.86. The van der Waals surface area contributed by atoms with Crippen LogP contribution in [0.4, 0.5) is 14.0 Å². The Morgan fingerprint density at radius 2 is 1.86 bits per heavy atom. The van der Waals surface area contributed by atoms with Gasteiger partial charge in [-0.05, 0) is 18.2 Å². The zero-order chi connectivity index (χ0) is 10.9. The summed E-state index contributed by atoms with van der Waals surface area (Å²) in [7, 11) is -1.63. The van der Waals surface area contributed by atoms with Crippen LogP contribution in [-0.2, 0) is 10.2 Å². The Morgan fingerprint density at radius 3 is 2.21 bits per heavy atom. The van der Waals surface area contributed by atoms with Crippen molar-refractivity contribution >= 4 is 15.9 Å². The van der Waals surface area contributed by atoms with Crippen molar-refractivity contribution < 1.29 is 16.7 Å². The second-order valence-electron chi connectivity index (χ2n) is 2.95. The van der Waals surface area contributed by atoms with Gasteiger partial charge in [-0.3, -0.25) is 0 Å². The third kappa shape index (κ3) is 2.20. The van der Waals surface area contributed by atoms with Gasteiger partial charge in [-0.1, -0.05) is 0 Å². The molecule has 0 fully saturated rings. The lowest BCUT2D eigenvalue weighted by atomic mass is 10.3. The first-order valence-corrected chi connectivity index (χ1v) is 5.12. The maximum Gasteiger partial charge on any atom is 0.332 e. The van der Waals surface area contributed by atoms with Gasteiger partial charge in [0.2, 0.25) is 0 Å². The fraction of sp³-hybridized carbons (Fsp3) is 0.250. The average Bonchev–Trinajstić information content (AvgIpc) is 2.01. The quantitative estimate of drug-likeness (QED) is 0.711. The molecular weight excluding hydrogens is 212 g/mol. The first kappa shape index (κ1) is 10.9. The molecule has 0 heterocycles. The molecule has 0 atom stereocenters. The van der Waals surface area contributed by atoms with E-state index in [1.54, 1.807) is 14.1 Å². The lowest BCUT2D eigenvalue weighted by Crippen LogP contribution is -2.11. The number of hydrogen-bond acceptors (Lipinski definition) is 3. The summed E-state index contributed by atoms with van der Waals surface area (Å²) in [6.07, 6.45) is 0. The molecule has 0 amide bonds. The first-order chi connectivity index (χ1) is 6.32. The van der Waals surface area contributed by atoms with Crippen molar-refractivity contribution in [2.45, 2.75) is 4.90 Å². The molecule has 0 aromatic heterocycles. The number of benzene rings is 1. The second kappa shape index (κ2) is 3.53. The van der Waals surface area contributed by atoms with Crippen LogP contribution >= 0.6 is 0 Å². The van der Waals surface area contributed by atoms with E-state index in [-0.39, 0.29) is 5.69 Å². The number of nitrogens with zero attached hydrogens (tertiary/aromatic N) is 1. The van der Waals surface area contributed by atoms with Gasteiger partial charge in [-0.15, -0.1) is 3.89 Å². The molecule has 0 saturated heterocycles. The van der Waals surface area contributed by atoms with Crippen LogP contribution in [0.2, 0.25) is 0 Å². The molecular formula is C8H9F2NO2S. The molecule has 3 nitrogen and oxygen atoms in total. The molecule has 1 aromatic carbocycles. The third-order valence-corrected chi connectivity index (χ3v) is 2.50. The van der Waals surface area contributed by atoms with Gasteiger partial charge in [-0.25, -0.2) is 4.39 Å². The molecule has 6 heteroatoms. The largest absolute Gasteiger partial charge is 0.375 e. The summed E-state index contributed by atoms with van der Waals surface area (Å²) in [6, 6.07) is 2.89.